The first-order chi connectivity index (χ1) is 15.4. The summed E-state index contributed by atoms with van der Waals surface area (Å²) in [7, 11) is 3.46. The molecule has 1 heterocycles. The standard InChI is InChI=1S/C24H29F2N5O/c1-24(25,26)19-14-28-23(30-20-9-8-15(13-27-2)10-21(20)32-3)31-22(19)29-18-11-16-6-4-5-7-17(16)12-18/h4,6,8-10,14,18,27H,5,7,11-13H2,1-3H3,(H2,28,29,30,31). The molecule has 32 heavy (non-hydrogen) atoms. The molecule has 3 N–H and O–H groups in total. The van der Waals surface area contributed by atoms with Crippen molar-refractivity contribution in [2.45, 2.75) is 51.1 Å². The van der Waals surface area contributed by atoms with Gasteiger partial charge in [-0.25, -0.2) is 13.8 Å². The smallest absolute Gasteiger partial charge is 0.275 e. The SMILES string of the molecule is CNCc1ccc(Nc2ncc(C(C)(F)F)c(NC3CC4=C(CCC=C4)C3)n2)c(OC)c1. The molecular weight excluding hydrogens is 412 g/mol. The zero-order valence-corrected chi connectivity index (χ0v) is 18.6. The summed E-state index contributed by atoms with van der Waals surface area (Å²) in [5.41, 5.74) is 4.24. The molecule has 1 aromatic heterocycles. The number of allylic oxidation sites excluding steroid dienone is 2. The van der Waals surface area contributed by atoms with Crippen molar-refractivity contribution < 1.29 is 13.5 Å². The fourth-order valence-corrected chi connectivity index (χ4v) is 4.28. The summed E-state index contributed by atoms with van der Waals surface area (Å²) in [6.07, 6.45) is 9.28. The summed E-state index contributed by atoms with van der Waals surface area (Å²) < 4.78 is 34.1. The third-order valence-electron chi connectivity index (χ3n) is 5.84. The second-order valence-electron chi connectivity index (χ2n) is 8.35. The molecule has 6 nitrogen and oxygen atoms in total. The number of anilines is 3. The number of alkyl halides is 2. The van der Waals surface area contributed by atoms with Crippen LogP contribution in [0.3, 0.4) is 0 Å². The molecule has 0 aliphatic heterocycles. The zero-order chi connectivity index (χ0) is 22.7. The van der Waals surface area contributed by atoms with E-state index in [-0.39, 0.29) is 23.4 Å². The van der Waals surface area contributed by atoms with E-state index in [4.69, 9.17) is 4.74 Å². The van der Waals surface area contributed by atoms with Crippen molar-refractivity contribution in [1.82, 2.24) is 15.3 Å². The van der Waals surface area contributed by atoms with Crippen LogP contribution < -0.4 is 20.7 Å². The van der Waals surface area contributed by atoms with Gasteiger partial charge in [-0.05, 0) is 56.0 Å². The van der Waals surface area contributed by atoms with Crippen molar-refractivity contribution in [2.75, 3.05) is 24.8 Å². The maximum Gasteiger partial charge on any atom is 0.275 e. The van der Waals surface area contributed by atoms with E-state index in [9.17, 15) is 8.78 Å². The van der Waals surface area contributed by atoms with E-state index in [1.54, 1.807) is 7.11 Å². The Bertz CT molecular complexity index is 1050. The monoisotopic (exact) mass is 441 g/mol. The number of halogens is 2. The Balaban J connectivity index is 1.58. The Hall–Kier alpha value is -3.00. The Morgan fingerprint density at radius 2 is 2.09 bits per heavy atom. The van der Waals surface area contributed by atoms with Crippen LogP contribution >= 0.6 is 0 Å². The molecule has 0 saturated carbocycles. The minimum absolute atomic E-state index is 0.0435. The molecular formula is C24H29F2N5O. The Morgan fingerprint density at radius 3 is 2.81 bits per heavy atom. The van der Waals surface area contributed by atoms with Crippen LogP contribution in [-0.2, 0) is 12.5 Å². The average molecular weight is 442 g/mol. The van der Waals surface area contributed by atoms with Gasteiger partial charge >= 0.3 is 0 Å². The molecule has 0 saturated heterocycles. The van der Waals surface area contributed by atoms with E-state index < -0.39 is 5.92 Å². The lowest BCUT2D eigenvalue weighted by Crippen LogP contribution is -2.22. The summed E-state index contributed by atoms with van der Waals surface area (Å²) in [6.45, 7) is 1.57. The van der Waals surface area contributed by atoms with Gasteiger partial charge in [0.15, 0.2) is 0 Å². The topological polar surface area (TPSA) is 71.1 Å². The maximum atomic E-state index is 14.3. The molecule has 0 amide bonds. The number of hydrogen-bond acceptors (Lipinski definition) is 6. The summed E-state index contributed by atoms with van der Waals surface area (Å²) >= 11 is 0. The van der Waals surface area contributed by atoms with Crippen molar-refractivity contribution in [3.05, 3.63) is 58.8 Å². The molecule has 0 fully saturated rings. The van der Waals surface area contributed by atoms with Crippen LogP contribution in [0.2, 0.25) is 0 Å². The second-order valence-corrected chi connectivity index (χ2v) is 8.35. The number of aromatic nitrogens is 2. The first-order valence-electron chi connectivity index (χ1n) is 10.8. The van der Waals surface area contributed by atoms with Gasteiger partial charge in [0, 0.05) is 25.7 Å². The van der Waals surface area contributed by atoms with Crippen LogP contribution in [-0.4, -0.2) is 30.2 Å². The molecule has 0 radical (unpaired) electrons. The van der Waals surface area contributed by atoms with Gasteiger partial charge in [0.25, 0.3) is 5.92 Å². The summed E-state index contributed by atoms with van der Waals surface area (Å²) in [5.74, 6) is -2.04. The molecule has 2 aromatic rings. The van der Waals surface area contributed by atoms with E-state index in [1.807, 2.05) is 25.2 Å². The van der Waals surface area contributed by atoms with Gasteiger partial charge < -0.3 is 20.7 Å². The number of methoxy groups -OCH3 is 1. The molecule has 170 valence electrons. The highest BCUT2D eigenvalue weighted by Crippen LogP contribution is 2.38. The van der Waals surface area contributed by atoms with Crippen molar-refractivity contribution in [2.24, 2.45) is 0 Å². The Morgan fingerprint density at radius 1 is 1.25 bits per heavy atom. The van der Waals surface area contributed by atoms with Gasteiger partial charge in [-0.15, -0.1) is 0 Å². The van der Waals surface area contributed by atoms with Gasteiger partial charge in [0.05, 0.1) is 18.4 Å². The lowest BCUT2D eigenvalue weighted by atomic mass is 10.0. The number of nitrogens with zero attached hydrogens (tertiary/aromatic N) is 2. The number of hydrogen-bond donors (Lipinski definition) is 3. The Kier molecular flexibility index (Phi) is 6.41. The molecule has 0 spiro atoms. The van der Waals surface area contributed by atoms with E-state index >= 15 is 0 Å². The van der Waals surface area contributed by atoms with Crippen LogP contribution in [0.5, 0.6) is 5.75 Å². The van der Waals surface area contributed by atoms with Crippen LogP contribution in [0.4, 0.5) is 26.2 Å². The van der Waals surface area contributed by atoms with Gasteiger partial charge in [0.1, 0.15) is 11.6 Å². The molecule has 1 atom stereocenters. The van der Waals surface area contributed by atoms with E-state index in [1.165, 1.54) is 17.3 Å². The third kappa shape index (κ3) is 4.91. The lowest BCUT2D eigenvalue weighted by Gasteiger charge is -2.20. The van der Waals surface area contributed by atoms with E-state index in [0.717, 1.165) is 38.2 Å². The van der Waals surface area contributed by atoms with Gasteiger partial charge in [-0.2, -0.15) is 4.98 Å². The fraction of sp³-hybridized carbons (Fsp3) is 0.417. The molecule has 1 unspecified atom stereocenters. The largest absolute Gasteiger partial charge is 0.495 e. The van der Waals surface area contributed by atoms with Gasteiger partial charge in [0.2, 0.25) is 5.95 Å². The summed E-state index contributed by atoms with van der Waals surface area (Å²) in [5, 5.41) is 9.48. The first-order valence-corrected chi connectivity index (χ1v) is 10.8. The summed E-state index contributed by atoms with van der Waals surface area (Å²) in [4.78, 5) is 8.58. The maximum absolute atomic E-state index is 14.3. The van der Waals surface area contributed by atoms with E-state index in [0.29, 0.717) is 18.0 Å². The van der Waals surface area contributed by atoms with Gasteiger partial charge in [-0.1, -0.05) is 23.8 Å². The van der Waals surface area contributed by atoms with Crippen molar-refractivity contribution >= 4 is 17.5 Å². The fourth-order valence-electron chi connectivity index (χ4n) is 4.28. The van der Waals surface area contributed by atoms with Crippen molar-refractivity contribution in [3.8, 4) is 5.75 Å². The Labute approximate surface area is 187 Å². The van der Waals surface area contributed by atoms with Gasteiger partial charge in [-0.3, -0.25) is 0 Å². The van der Waals surface area contributed by atoms with Crippen molar-refractivity contribution in [3.63, 3.8) is 0 Å². The zero-order valence-electron chi connectivity index (χ0n) is 18.6. The molecule has 1 aromatic carbocycles. The normalized spacial score (nSPS) is 18.0. The molecule has 4 rings (SSSR count). The third-order valence-corrected chi connectivity index (χ3v) is 5.84. The van der Waals surface area contributed by atoms with Crippen LogP contribution in [0.15, 0.2) is 47.7 Å². The minimum Gasteiger partial charge on any atom is -0.495 e. The predicted octanol–water partition coefficient (Wildman–Crippen LogP) is 5.28. The first kappa shape index (κ1) is 22.2. The average Bonchev–Trinajstić information content (AvgIpc) is 3.16. The molecule has 0 bridgehead atoms. The van der Waals surface area contributed by atoms with Crippen LogP contribution in [0.1, 0.15) is 43.7 Å². The predicted molar refractivity (Wildman–Crippen MR) is 123 cm³/mol. The quantitative estimate of drug-likeness (QED) is 0.518. The highest BCUT2D eigenvalue weighted by atomic mass is 19.3. The minimum atomic E-state index is -3.06. The summed E-state index contributed by atoms with van der Waals surface area (Å²) in [6, 6.07) is 5.78. The molecule has 8 heteroatoms. The number of nitrogens with one attached hydrogen (secondary N) is 3. The number of rotatable bonds is 8. The molecule has 2 aliphatic carbocycles. The van der Waals surface area contributed by atoms with Crippen LogP contribution in [0, 0.1) is 0 Å². The van der Waals surface area contributed by atoms with E-state index in [2.05, 4.69) is 38.1 Å². The second kappa shape index (κ2) is 9.24. The van der Waals surface area contributed by atoms with Crippen molar-refractivity contribution in [1.29, 1.82) is 0 Å². The highest BCUT2D eigenvalue weighted by Gasteiger charge is 2.32. The number of benzene rings is 1. The highest BCUT2D eigenvalue weighted by molar-refractivity contribution is 5.64. The lowest BCUT2D eigenvalue weighted by molar-refractivity contribution is 0.0176. The van der Waals surface area contributed by atoms with Crippen LogP contribution in [0.25, 0.3) is 0 Å². The number of ether oxygens (including phenoxy) is 1. The molecule has 2 aliphatic rings.